The summed E-state index contributed by atoms with van der Waals surface area (Å²) < 4.78 is 0. The molecular formula is C16H13N7O3. The monoisotopic (exact) mass is 351 g/mol. The fraction of sp³-hybridized carbons (Fsp3) is 0.0625. The molecule has 1 amide bonds. The van der Waals surface area contributed by atoms with Crippen LogP contribution in [0.25, 0.3) is 11.4 Å². The van der Waals surface area contributed by atoms with Gasteiger partial charge in [0.15, 0.2) is 0 Å². The first-order chi connectivity index (χ1) is 12.6. The number of hydrogen-bond donors (Lipinski definition) is 1. The lowest BCUT2D eigenvalue weighted by Crippen LogP contribution is -2.24. The van der Waals surface area contributed by atoms with Crippen LogP contribution in [0.3, 0.4) is 0 Å². The van der Waals surface area contributed by atoms with E-state index in [0.29, 0.717) is 5.82 Å². The number of nitro benzene ring substituents is 1. The Morgan fingerprint density at radius 3 is 2.69 bits per heavy atom. The molecule has 10 heteroatoms. The van der Waals surface area contributed by atoms with E-state index in [9.17, 15) is 14.9 Å². The van der Waals surface area contributed by atoms with Crippen LogP contribution < -0.4 is 5.43 Å². The zero-order valence-electron chi connectivity index (χ0n) is 13.4. The average molecular weight is 351 g/mol. The molecule has 2 aromatic carbocycles. The Morgan fingerprint density at radius 2 is 1.92 bits per heavy atom. The molecule has 0 aliphatic carbocycles. The molecule has 1 heterocycles. The number of hydrazone groups is 1. The Morgan fingerprint density at radius 1 is 1.19 bits per heavy atom. The molecule has 0 atom stereocenters. The smallest absolute Gasteiger partial charge is 0.271 e. The molecule has 0 saturated carbocycles. The molecule has 10 nitrogen and oxygen atoms in total. The summed E-state index contributed by atoms with van der Waals surface area (Å²) in [5.41, 5.74) is 3.24. The first kappa shape index (κ1) is 16.9. The Bertz CT molecular complexity index is 953. The predicted octanol–water partition coefficient (Wildman–Crippen LogP) is 1.40. The summed E-state index contributed by atoms with van der Waals surface area (Å²) in [7, 11) is 0. The highest BCUT2D eigenvalue weighted by Gasteiger charge is 2.11. The topological polar surface area (TPSA) is 128 Å². The molecule has 0 aliphatic heterocycles. The number of nitrogens with one attached hydrogen (secondary N) is 1. The number of carbonyl (C=O) groups excluding carboxylic acids is 1. The van der Waals surface area contributed by atoms with Gasteiger partial charge in [-0.15, -0.1) is 10.2 Å². The average Bonchev–Trinajstić information content (AvgIpc) is 3.11. The van der Waals surface area contributed by atoms with Crippen molar-refractivity contribution >= 4 is 17.8 Å². The van der Waals surface area contributed by atoms with Crippen LogP contribution in [0.2, 0.25) is 0 Å². The Kier molecular flexibility index (Phi) is 5.03. The fourth-order valence-electron chi connectivity index (χ4n) is 2.11. The second-order valence-corrected chi connectivity index (χ2v) is 5.12. The third-order valence-electron chi connectivity index (χ3n) is 3.30. The maximum atomic E-state index is 11.9. The number of hydrogen-bond acceptors (Lipinski definition) is 7. The van der Waals surface area contributed by atoms with Gasteiger partial charge < -0.3 is 0 Å². The van der Waals surface area contributed by atoms with Gasteiger partial charge in [-0.25, -0.2) is 5.43 Å². The Labute approximate surface area is 147 Å². The van der Waals surface area contributed by atoms with Gasteiger partial charge in [-0.3, -0.25) is 14.9 Å². The molecule has 0 fully saturated rings. The second kappa shape index (κ2) is 7.75. The summed E-state index contributed by atoms with van der Waals surface area (Å²) in [6.45, 7) is -0.186. The number of carbonyl (C=O) groups is 1. The van der Waals surface area contributed by atoms with Crippen molar-refractivity contribution in [2.24, 2.45) is 5.10 Å². The number of rotatable bonds is 6. The van der Waals surface area contributed by atoms with Crippen LogP contribution >= 0.6 is 0 Å². The van der Waals surface area contributed by atoms with Crippen molar-refractivity contribution in [3.63, 3.8) is 0 Å². The Hall–Kier alpha value is -3.95. The third-order valence-corrected chi connectivity index (χ3v) is 3.30. The normalized spacial score (nSPS) is 10.8. The van der Waals surface area contributed by atoms with Crippen molar-refractivity contribution in [2.75, 3.05) is 0 Å². The summed E-state index contributed by atoms with van der Waals surface area (Å²) in [4.78, 5) is 23.4. The molecule has 0 bridgehead atoms. The van der Waals surface area contributed by atoms with Crippen LogP contribution in [-0.4, -0.2) is 37.3 Å². The predicted molar refractivity (Wildman–Crippen MR) is 92.1 cm³/mol. The molecule has 0 unspecified atom stereocenters. The van der Waals surface area contributed by atoms with Crippen LogP contribution in [-0.2, 0) is 11.3 Å². The third kappa shape index (κ3) is 4.12. The maximum Gasteiger partial charge on any atom is 0.278 e. The minimum atomic E-state index is -0.520. The van der Waals surface area contributed by atoms with Crippen LogP contribution in [0.15, 0.2) is 59.7 Å². The SMILES string of the molecule is O=C(Cn1nnc(-c2ccccc2)n1)N/N=C/c1ccccc1[N+](=O)[O-]. The maximum absolute atomic E-state index is 11.9. The summed E-state index contributed by atoms with van der Waals surface area (Å²) in [5, 5.41) is 26.4. The molecule has 1 aromatic heterocycles. The zero-order valence-corrected chi connectivity index (χ0v) is 13.4. The molecule has 0 saturated heterocycles. The number of aromatic nitrogens is 4. The van der Waals surface area contributed by atoms with E-state index in [2.05, 4.69) is 25.9 Å². The minimum absolute atomic E-state index is 0.101. The van der Waals surface area contributed by atoms with E-state index in [1.165, 1.54) is 18.3 Å². The highest BCUT2D eigenvalue weighted by Crippen LogP contribution is 2.15. The van der Waals surface area contributed by atoms with Crippen LogP contribution in [0, 0.1) is 10.1 Å². The van der Waals surface area contributed by atoms with Crippen molar-refractivity contribution in [1.29, 1.82) is 0 Å². The lowest BCUT2D eigenvalue weighted by Gasteiger charge is -1.99. The molecular weight excluding hydrogens is 338 g/mol. The van der Waals surface area contributed by atoms with Crippen molar-refractivity contribution in [2.45, 2.75) is 6.54 Å². The van der Waals surface area contributed by atoms with Crippen molar-refractivity contribution in [1.82, 2.24) is 25.6 Å². The number of amides is 1. The van der Waals surface area contributed by atoms with Gasteiger partial charge in [-0.2, -0.15) is 9.90 Å². The van der Waals surface area contributed by atoms with Crippen molar-refractivity contribution in [3.05, 3.63) is 70.3 Å². The van der Waals surface area contributed by atoms with Crippen LogP contribution in [0.5, 0.6) is 0 Å². The highest BCUT2D eigenvalue weighted by molar-refractivity contribution is 5.86. The van der Waals surface area contributed by atoms with Gasteiger partial charge in [0.05, 0.1) is 16.7 Å². The van der Waals surface area contributed by atoms with E-state index >= 15 is 0 Å². The standard InChI is InChI=1S/C16H13N7O3/c24-15(18-17-10-13-8-4-5-9-14(13)23(25)26)11-22-20-16(19-21-22)12-6-2-1-3-7-12/h1-10H,11H2,(H,18,24)/b17-10+. The van der Waals surface area contributed by atoms with Gasteiger partial charge >= 0.3 is 0 Å². The van der Waals surface area contributed by atoms with E-state index in [4.69, 9.17) is 0 Å². The molecule has 26 heavy (non-hydrogen) atoms. The lowest BCUT2D eigenvalue weighted by molar-refractivity contribution is -0.385. The number of para-hydroxylation sites is 1. The van der Waals surface area contributed by atoms with E-state index < -0.39 is 10.8 Å². The fourth-order valence-corrected chi connectivity index (χ4v) is 2.11. The quantitative estimate of drug-likeness (QED) is 0.406. The summed E-state index contributed by atoms with van der Waals surface area (Å²) in [6.07, 6.45) is 1.21. The zero-order chi connectivity index (χ0) is 18.4. The number of nitro groups is 1. The lowest BCUT2D eigenvalue weighted by atomic mass is 10.2. The van der Waals surface area contributed by atoms with Gasteiger partial charge in [0, 0.05) is 11.6 Å². The van der Waals surface area contributed by atoms with Gasteiger partial charge in [0.25, 0.3) is 11.6 Å². The molecule has 3 aromatic rings. The van der Waals surface area contributed by atoms with E-state index in [1.807, 2.05) is 30.3 Å². The van der Waals surface area contributed by atoms with Gasteiger partial charge in [0.1, 0.15) is 6.54 Å². The van der Waals surface area contributed by atoms with E-state index in [1.54, 1.807) is 12.1 Å². The molecule has 130 valence electrons. The first-order valence-corrected chi connectivity index (χ1v) is 7.52. The van der Waals surface area contributed by atoms with Gasteiger partial charge in [0.2, 0.25) is 5.82 Å². The second-order valence-electron chi connectivity index (χ2n) is 5.12. The summed E-state index contributed by atoms with van der Waals surface area (Å²) in [5.74, 6) is -0.0846. The highest BCUT2D eigenvalue weighted by atomic mass is 16.6. The van der Waals surface area contributed by atoms with Gasteiger partial charge in [-0.1, -0.05) is 42.5 Å². The van der Waals surface area contributed by atoms with E-state index in [-0.39, 0.29) is 17.8 Å². The van der Waals surface area contributed by atoms with E-state index in [0.717, 1.165) is 10.4 Å². The number of nitrogens with zero attached hydrogens (tertiary/aromatic N) is 6. The van der Waals surface area contributed by atoms with Crippen LogP contribution in [0.4, 0.5) is 5.69 Å². The largest absolute Gasteiger partial charge is 0.278 e. The number of tetrazole rings is 1. The molecule has 3 rings (SSSR count). The number of benzene rings is 2. The molecule has 1 N–H and O–H groups in total. The summed E-state index contributed by atoms with van der Waals surface area (Å²) in [6, 6.07) is 15.3. The van der Waals surface area contributed by atoms with Gasteiger partial charge in [-0.05, 0) is 11.3 Å². The van der Waals surface area contributed by atoms with Crippen LogP contribution in [0.1, 0.15) is 5.56 Å². The Balaban J connectivity index is 1.60. The molecule has 0 aliphatic rings. The summed E-state index contributed by atoms with van der Waals surface area (Å²) >= 11 is 0. The molecule has 0 spiro atoms. The van der Waals surface area contributed by atoms with Crippen molar-refractivity contribution in [3.8, 4) is 11.4 Å². The van der Waals surface area contributed by atoms with Crippen molar-refractivity contribution < 1.29 is 9.72 Å². The first-order valence-electron chi connectivity index (χ1n) is 7.52. The minimum Gasteiger partial charge on any atom is -0.271 e. The molecule has 0 radical (unpaired) electrons.